The molecule has 0 saturated heterocycles. The van der Waals surface area contributed by atoms with Crippen molar-refractivity contribution in [2.24, 2.45) is 5.73 Å². The number of esters is 1. The van der Waals surface area contributed by atoms with E-state index >= 15 is 0 Å². The van der Waals surface area contributed by atoms with Crippen molar-refractivity contribution in [3.63, 3.8) is 0 Å². The standard InChI is InChI=1S/C9H9NO5/c10-8(13)4-15-9(14)6-2-1-5(11)3-7(6)12/h1-3,11-12H,4H2,(H2,10,13). The SMILES string of the molecule is NC(=O)COC(=O)c1ccc(O)cc1O. The highest BCUT2D eigenvalue weighted by Crippen LogP contribution is 2.22. The molecule has 1 aromatic rings. The van der Waals surface area contributed by atoms with E-state index in [1.807, 2.05) is 0 Å². The third kappa shape index (κ3) is 2.87. The summed E-state index contributed by atoms with van der Waals surface area (Å²) in [5, 5.41) is 18.2. The van der Waals surface area contributed by atoms with Gasteiger partial charge in [-0.3, -0.25) is 4.79 Å². The molecular weight excluding hydrogens is 202 g/mol. The number of amides is 1. The van der Waals surface area contributed by atoms with Gasteiger partial charge in [0.2, 0.25) is 0 Å². The van der Waals surface area contributed by atoms with Crippen LogP contribution >= 0.6 is 0 Å². The van der Waals surface area contributed by atoms with Crippen molar-refractivity contribution in [2.75, 3.05) is 6.61 Å². The predicted octanol–water partition coefficient (Wildman–Crippen LogP) is -0.260. The van der Waals surface area contributed by atoms with Crippen molar-refractivity contribution >= 4 is 11.9 Å². The monoisotopic (exact) mass is 211 g/mol. The highest BCUT2D eigenvalue weighted by molar-refractivity contribution is 5.93. The largest absolute Gasteiger partial charge is 0.508 e. The number of benzene rings is 1. The first kappa shape index (κ1) is 10.8. The van der Waals surface area contributed by atoms with Crippen molar-refractivity contribution in [2.45, 2.75) is 0 Å². The van der Waals surface area contributed by atoms with Gasteiger partial charge in [0.15, 0.2) is 6.61 Å². The van der Waals surface area contributed by atoms with Crippen LogP contribution in [-0.4, -0.2) is 28.7 Å². The number of ether oxygens (including phenoxy) is 1. The Morgan fingerprint density at radius 2 is 2.00 bits per heavy atom. The molecule has 0 unspecified atom stereocenters. The van der Waals surface area contributed by atoms with Crippen molar-refractivity contribution < 1.29 is 24.5 Å². The minimum absolute atomic E-state index is 0.144. The van der Waals surface area contributed by atoms with Gasteiger partial charge in [-0.2, -0.15) is 0 Å². The lowest BCUT2D eigenvalue weighted by atomic mass is 10.2. The van der Waals surface area contributed by atoms with Crippen LogP contribution in [0.2, 0.25) is 0 Å². The summed E-state index contributed by atoms with van der Waals surface area (Å²) >= 11 is 0. The maximum absolute atomic E-state index is 11.2. The second kappa shape index (κ2) is 4.32. The third-order valence-corrected chi connectivity index (χ3v) is 1.55. The Morgan fingerprint density at radius 3 is 2.53 bits per heavy atom. The maximum atomic E-state index is 11.2. The summed E-state index contributed by atoms with van der Waals surface area (Å²) in [6.45, 7) is -0.556. The summed E-state index contributed by atoms with van der Waals surface area (Å²) < 4.78 is 4.46. The average molecular weight is 211 g/mol. The van der Waals surface area contributed by atoms with Crippen LogP contribution in [0.4, 0.5) is 0 Å². The minimum atomic E-state index is -0.883. The zero-order valence-electron chi connectivity index (χ0n) is 7.64. The van der Waals surface area contributed by atoms with E-state index in [2.05, 4.69) is 4.74 Å². The number of phenolic OH excluding ortho intramolecular Hbond substituents is 2. The lowest BCUT2D eigenvalue weighted by Gasteiger charge is -2.04. The molecule has 4 N–H and O–H groups in total. The Hall–Kier alpha value is -2.24. The fraction of sp³-hybridized carbons (Fsp3) is 0.111. The molecule has 0 atom stereocenters. The molecule has 0 bridgehead atoms. The fourth-order valence-corrected chi connectivity index (χ4v) is 0.907. The number of hydrogen-bond donors (Lipinski definition) is 3. The normalized spacial score (nSPS) is 9.60. The van der Waals surface area contributed by atoms with Gasteiger partial charge in [-0.25, -0.2) is 4.79 Å². The van der Waals surface area contributed by atoms with Crippen LogP contribution in [0.1, 0.15) is 10.4 Å². The Kier molecular flexibility index (Phi) is 3.12. The van der Waals surface area contributed by atoms with E-state index in [1.54, 1.807) is 0 Å². The number of carbonyl (C=O) groups excluding carboxylic acids is 2. The lowest BCUT2D eigenvalue weighted by Crippen LogP contribution is -2.20. The highest BCUT2D eigenvalue weighted by Gasteiger charge is 2.13. The average Bonchev–Trinajstić information content (AvgIpc) is 2.14. The van der Waals surface area contributed by atoms with Gasteiger partial charge < -0.3 is 20.7 Å². The van der Waals surface area contributed by atoms with E-state index in [9.17, 15) is 14.7 Å². The number of phenols is 2. The van der Waals surface area contributed by atoms with Crippen LogP contribution in [-0.2, 0) is 9.53 Å². The van der Waals surface area contributed by atoms with E-state index in [-0.39, 0.29) is 11.3 Å². The Bertz CT molecular complexity index is 401. The molecule has 0 spiro atoms. The van der Waals surface area contributed by atoms with Crippen molar-refractivity contribution in [3.8, 4) is 11.5 Å². The first-order valence-electron chi connectivity index (χ1n) is 3.98. The smallest absolute Gasteiger partial charge is 0.342 e. The van der Waals surface area contributed by atoms with Crippen molar-refractivity contribution in [1.82, 2.24) is 0 Å². The van der Waals surface area contributed by atoms with Crippen LogP contribution in [0.15, 0.2) is 18.2 Å². The fourth-order valence-electron chi connectivity index (χ4n) is 0.907. The molecule has 1 rings (SSSR count). The lowest BCUT2D eigenvalue weighted by molar-refractivity contribution is -0.121. The van der Waals surface area contributed by atoms with Crippen molar-refractivity contribution in [1.29, 1.82) is 0 Å². The maximum Gasteiger partial charge on any atom is 0.342 e. The summed E-state index contributed by atoms with van der Waals surface area (Å²) in [4.78, 5) is 21.5. The molecular formula is C9H9NO5. The van der Waals surface area contributed by atoms with Crippen LogP contribution < -0.4 is 5.73 Å². The number of aromatic hydroxyl groups is 2. The van der Waals surface area contributed by atoms with Gasteiger partial charge in [-0.05, 0) is 12.1 Å². The number of carbonyl (C=O) groups is 2. The van der Waals surface area contributed by atoms with Crippen LogP contribution in [0, 0.1) is 0 Å². The van der Waals surface area contributed by atoms with Gasteiger partial charge in [0.1, 0.15) is 17.1 Å². The molecule has 0 aliphatic heterocycles. The zero-order chi connectivity index (χ0) is 11.4. The van der Waals surface area contributed by atoms with E-state index in [4.69, 9.17) is 10.8 Å². The highest BCUT2D eigenvalue weighted by atomic mass is 16.5. The van der Waals surface area contributed by atoms with Gasteiger partial charge in [0.25, 0.3) is 5.91 Å². The second-order valence-corrected chi connectivity index (χ2v) is 2.74. The summed E-state index contributed by atoms with van der Waals surface area (Å²) in [5.74, 6) is -2.28. The molecule has 0 aromatic heterocycles. The van der Waals surface area contributed by atoms with Gasteiger partial charge in [0.05, 0.1) is 0 Å². The summed E-state index contributed by atoms with van der Waals surface area (Å²) in [5.41, 5.74) is 4.62. The summed E-state index contributed by atoms with van der Waals surface area (Å²) in [6, 6.07) is 3.37. The van der Waals surface area contributed by atoms with Crippen LogP contribution in [0.3, 0.4) is 0 Å². The Labute approximate surface area is 84.9 Å². The molecule has 0 heterocycles. The molecule has 1 aromatic carbocycles. The Morgan fingerprint density at radius 1 is 1.33 bits per heavy atom. The van der Waals surface area contributed by atoms with E-state index in [0.717, 1.165) is 6.07 Å². The molecule has 0 radical (unpaired) electrons. The number of primary amides is 1. The first-order chi connectivity index (χ1) is 7.00. The second-order valence-electron chi connectivity index (χ2n) is 2.74. The Balaban J connectivity index is 2.78. The summed E-state index contributed by atoms with van der Waals surface area (Å²) in [7, 11) is 0. The van der Waals surface area contributed by atoms with Gasteiger partial charge >= 0.3 is 5.97 Å². The summed E-state index contributed by atoms with van der Waals surface area (Å²) in [6.07, 6.45) is 0. The molecule has 0 aliphatic carbocycles. The van der Waals surface area contributed by atoms with Gasteiger partial charge in [-0.15, -0.1) is 0 Å². The third-order valence-electron chi connectivity index (χ3n) is 1.55. The van der Waals surface area contributed by atoms with Crippen molar-refractivity contribution in [3.05, 3.63) is 23.8 Å². The van der Waals surface area contributed by atoms with Crippen LogP contribution in [0.25, 0.3) is 0 Å². The molecule has 6 nitrogen and oxygen atoms in total. The van der Waals surface area contributed by atoms with E-state index < -0.39 is 24.2 Å². The van der Waals surface area contributed by atoms with Crippen LogP contribution in [0.5, 0.6) is 11.5 Å². The predicted molar refractivity (Wildman–Crippen MR) is 49.2 cm³/mol. The number of nitrogens with two attached hydrogens (primary N) is 1. The molecule has 6 heteroatoms. The number of hydrogen-bond acceptors (Lipinski definition) is 5. The topological polar surface area (TPSA) is 110 Å². The molecule has 1 amide bonds. The van der Waals surface area contributed by atoms with E-state index in [1.165, 1.54) is 12.1 Å². The first-order valence-corrected chi connectivity index (χ1v) is 3.98. The molecule has 0 aliphatic rings. The zero-order valence-corrected chi connectivity index (χ0v) is 7.64. The molecule has 80 valence electrons. The molecule has 0 saturated carbocycles. The number of rotatable bonds is 3. The van der Waals surface area contributed by atoms with Gasteiger partial charge in [0, 0.05) is 6.07 Å². The molecule has 0 fully saturated rings. The van der Waals surface area contributed by atoms with E-state index in [0.29, 0.717) is 0 Å². The van der Waals surface area contributed by atoms with Gasteiger partial charge in [-0.1, -0.05) is 0 Å². The minimum Gasteiger partial charge on any atom is -0.508 e. The molecule has 15 heavy (non-hydrogen) atoms. The quantitative estimate of drug-likeness (QED) is 0.596.